The highest BCUT2D eigenvalue weighted by molar-refractivity contribution is 9.10. The monoisotopic (exact) mass is 493 g/mol. The number of hydrogen-bond acceptors (Lipinski definition) is 3. The highest BCUT2D eigenvalue weighted by Gasteiger charge is 2.56. The van der Waals surface area contributed by atoms with E-state index in [1.807, 2.05) is 48.5 Å². The van der Waals surface area contributed by atoms with Crippen LogP contribution in [0.15, 0.2) is 76.9 Å². The fourth-order valence-corrected chi connectivity index (χ4v) is 5.57. The van der Waals surface area contributed by atoms with Crippen LogP contribution in [0.3, 0.4) is 0 Å². The van der Waals surface area contributed by atoms with Gasteiger partial charge in [-0.1, -0.05) is 76.2 Å². The van der Waals surface area contributed by atoms with E-state index in [-0.39, 0.29) is 11.2 Å². The van der Waals surface area contributed by atoms with Crippen LogP contribution in [0, 0.1) is 5.92 Å². The smallest absolute Gasteiger partial charge is 0.192 e. The third kappa shape index (κ3) is 4.18. The summed E-state index contributed by atoms with van der Waals surface area (Å²) in [4.78, 5) is 0. The van der Waals surface area contributed by atoms with Crippen LogP contribution in [0.4, 0.5) is 0 Å². The highest BCUT2D eigenvalue weighted by Crippen LogP contribution is 2.63. The Morgan fingerprint density at radius 3 is 2.46 bits per heavy atom. The van der Waals surface area contributed by atoms with E-state index in [2.05, 4.69) is 49.4 Å². The number of hydrogen-bond donors (Lipinski definition) is 0. The van der Waals surface area contributed by atoms with Gasteiger partial charge in [0.25, 0.3) is 0 Å². The van der Waals surface area contributed by atoms with Gasteiger partial charge in [-0.05, 0) is 24.1 Å². The van der Waals surface area contributed by atoms with Crippen molar-refractivity contribution < 1.29 is 0 Å². The van der Waals surface area contributed by atoms with Crippen LogP contribution in [0.25, 0.3) is 11.4 Å². The van der Waals surface area contributed by atoms with E-state index >= 15 is 0 Å². The standard InChI is InChI=1S/C21H18BrCl2N3S/c1-2-12-27-19(15-8-10-16(22)11-9-15)25-26-20(27)28-18(17-13-21(17,23)24)14-6-4-3-5-7-14/h2-11,17-18H,1,12-13H2. The van der Waals surface area contributed by atoms with Gasteiger partial charge < -0.3 is 0 Å². The van der Waals surface area contributed by atoms with Gasteiger partial charge in [0.05, 0.1) is 0 Å². The average Bonchev–Trinajstić information content (AvgIpc) is 3.14. The first-order chi connectivity index (χ1) is 13.5. The molecule has 1 aliphatic carbocycles. The summed E-state index contributed by atoms with van der Waals surface area (Å²) < 4.78 is 2.44. The van der Waals surface area contributed by atoms with Gasteiger partial charge >= 0.3 is 0 Å². The van der Waals surface area contributed by atoms with Crippen molar-refractivity contribution in [2.24, 2.45) is 5.92 Å². The van der Waals surface area contributed by atoms with Crippen LogP contribution in [0.5, 0.6) is 0 Å². The van der Waals surface area contributed by atoms with Crippen LogP contribution in [0.2, 0.25) is 0 Å². The Balaban J connectivity index is 1.69. The molecule has 4 rings (SSSR count). The number of benzene rings is 2. The fraction of sp³-hybridized carbons (Fsp3) is 0.238. The normalized spacial score (nSPS) is 18.6. The molecule has 3 nitrogen and oxygen atoms in total. The maximum Gasteiger partial charge on any atom is 0.192 e. The van der Waals surface area contributed by atoms with Gasteiger partial charge in [0.2, 0.25) is 0 Å². The lowest BCUT2D eigenvalue weighted by atomic mass is 10.1. The van der Waals surface area contributed by atoms with Crippen molar-refractivity contribution in [1.29, 1.82) is 0 Å². The van der Waals surface area contributed by atoms with Crippen molar-refractivity contribution in [3.8, 4) is 11.4 Å². The van der Waals surface area contributed by atoms with Gasteiger partial charge in [-0.3, -0.25) is 4.57 Å². The molecule has 28 heavy (non-hydrogen) atoms. The topological polar surface area (TPSA) is 30.7 Å². The van der Waals surface area contributed by atoms with E-state index < -0.39 is 4.33 Å². The Morgan fingerprint density at radius 1 is 1.18 bits per heavy atom. The molecule has 0 radical (unpaired) electrons. The first-order valence-corrected chi connectivity index (χ1v) is 11.3. The summed E-state index contributed by atoms with van der Waals surface area (Å²) in [6, 6.07) is 18.4. The second-order valence-electron chi connectivity index (χ2n) is 6.73. The third-order valence-corrected chi connectivity index (χ3v) is 7.50. The minimum absolute atomic E-state index is 0.113. The molecule has 1 aromatic heterocycles. The first kappa shape index (κ1) is 20.0. The molecule has 0 aliphatic heterocycles. The average molecular weight is 495 g/mol. The third-order valence-electron chi connectivity index (χ3n) is 4.73. The van der Waals surface area contributed by atoms with Gasteiger partial charge in [0, 0.05) is 27.7 Å². The van der Waals surface area contributed by atoms with Crippen LogP contribution in [0.1, 0.15) is 17.2 Å². The molecule has 144 valence electrons. The molecule has 1 heterocycles. The molecule has 0 saturated heterocycles. The van der Waals surface area contributed by atoms with Crippen molar-refractivity contribution in [1.82, 2.24) is 14.8 Å². The van der Waals surface area contributed by atoms with Crippen molar-refractivity contribution in [2.75, 3.05) is 0 Å². The predicted octanol–water partition coefficient (Wildman–Crippen LogP) is 6.92. The second-order valence-corrected chi connectivity index (χ2v) is 10.3. The summed E-state index contributed by atoms with van der Waals surface area (Å²) >= 11 is 18.0. The quantitative estimate of drug-likeness (QED) is 0.203. The molecule has 0 bridgehead atoms. The van der Waals surface area contributed by atoms with Gasteiger partial charge in [-0.25, -0.2) is 0 Å². The molecule has 7 heteroatoms. The van der Waals surface area contributed by atoms with Crippen LogP contribution in [-0.2, 0) is 6.54 Å². The summed E-state index contributed by atoms with van der Waals surface area (Å²) in [6.45, 7) is 4.52. The van der Waals surface area contributed by atoms with Gasteiger partial charge in [-0.2, -0.15) is 0 Å². The number of rotatable bonds is 7. The molecule has 0 amide bonds. The SMILES string of the molecule is C=CCn1c(SC(c2ccccc2)C2CC2(Cl)Cl)nnc1-c1ccc(Br)cc1. The largest absolute Gasteiger partial charge is 0.298 e. The summed E-state index contributed by atoms with van der Waals surface area (Å²) in [6.07, 6.45) is 2.63. The fourth-order valence-electron chi connectivity index (χ4n) is 3.18. The van der Waals surface area contributed by atoms with Crippen LogP contribution < -0.4 is 0 Å². The Kier molecular flexibility index (Phi) is 5.88. The lowest BCUT2D eigenvalue weighted by Gasteiger charge is -2.18. The van der Waals surface area contributed by atoms with Crippen molar-refractivity contribution in [3.63, 3.8) is 0 Å². The number of alkyl halides is 2. The zero-order valence-electron chi connectivity index (χ0n) is 14.9. The predicted molar refractivity (Wildman–Crippen MR) is 121 cm³/mol. The van der Waals surface area contributed by atoms with Gasteiger partial charge in [-0.15, -0.1) is 40.0 Å². The van der Waals surface area contributed by atoms with E-state index in [1.165, 1.54) is 5.56 Å². The van der Waals surface area contributed by atoms with Crippen LogP contribution >= 0.6 is 50.9 Å². The Hall–Kier alpha value is -1.27. The molecule has 1 aliphatic rings. The molecule has 0 spiro atoms. The van der Waals surface area contributed by atoms with Gasteiger partial charge in [0.1, 0.15) is 4.33 Å². The molecule has 1 saturated carbocycles. The lowest BCUT2D eigenvalue weighted by molar-refractivity contribution is 0.718. The maximum absolute atomic E-state index is 6.42. The lowest BCUT2D eigenvalue weighted by Crippen LogP contribution is -2.06. The molecule has 2 atom stereocenters. The van der Waals surface area contributed by atoms with Crippen molar-refractivity contribution in [2.45, 2.75) is 27.7 Å². The minimum atomic E-state index is -0.675. The Labute approximate surface area is 187 Å². The summed E-state index contributed by atoms with van der Waals surface area (Å²) in [5, 5.41) is 9.90. The second kappa shape index (κ2) is 8.23. The zero-order chi connectivity index (χ0) is 19.7. The molecule has 1 fully saturated rings. The maximum atomic E-state index is 6.42. The van der Waals surface area contributed by atoms with E-state index in [0.29, 0.717) is 6.54 Å². The van der Waals surface area contributed by atoms with E-state index in [1.54, 1.807) is 11.8 Å². The number of halogens is 3. The van der Waals surface area contributed by atoms with Crippen molar-refractivity contribution in [3.05, 3.63) is 77.3 Å². The molecule has 2 unspecified atom stereocenters. The molecule has 2 aromatic carbocycles. The van der Waals surface area contributed by atoms with E-state index in [0.717, 1.165) is 27.4 Å². The number of aromatic nitrogens is 3. The van der Waals surface area contributed by atoms with Gasteiger partial charge in [0.15, 0.2) is 11.0 Å². The minimum Gasteiger partial charge on any atom is -0.298 e. The van der Waals surface area contributed by atoms with E-state index in [9.17, 15) is 0 Å². The Morgan fingerprint density at radius 2 is 1.86 bits per heavy atom. The number of allylic oxidation sites excluding steroid dienone is 1. The number of thioether (sulfide) groups is 1. The zero-order valence-corrected chi connectivity index (χ0v) is 18.8. The summed E-state index contributed by atoms with van der Waals surface area (Å²) in [5.74, 6) is 0.994. The van der Waals surface area contributed by atoms with Crippen molar-refractivity contribution >= 4 is 50.9 Å². The molecular weight excluding hydrogens is 477 g/mol. The molecule has 3 aromatic rings. The summed E-state index contributed by atoms with van der Waals surface area (Å²) in [5.41, 5.74) is 2.20. The van der Waals surface area contributed by atoms with Crippen LogP contribution in [-0.4, -0.2) is 19.1 Å². The van der Waals surface area contributed by atoms with E-state index in [4.69, 9.17) is 23.2 Å². The molecule has 0 N–H and O–H groups in total. The first-order valence-electron chi connectivity index (χ1n) is 8.89. The highest BCUT2D eigenvalue weighted by atomic mass is 79.9. The summed E-state index contributed by atoms with van der Waals surface area (Å²) in [7, 11) is 0. The number of nitrogens with zero attached hydrogens (tertiary/aromatic N) is 3. The molecular formula is C21H18BrCl2N3S. The Bertz CT molecular complexity index is 973.